The third kappa shape index (κ3) is 5.19. The van der Waals surface area contributed by atoms with E-state index in [1.165, 1.54) is 11.8 Å². The van der Waals surface area contributed by atoms with Crippen LogP contribution in [-0.4, -0.2) is 29.3 Å². The number of H-pyrrole nitrogens is 1. The van der Waals surface area contributed by atoms with Crippen molar-refractivity contribution in [2.75, 3.05) is 19.3 Å². The van der Waals surface area contributed by atoms with E-state index < -0.39 is 0 Å². The number of hydrogen-bond acceptors (Lipinski definition) is 4. The lowest BCUT2D eigenvalue weighted by molar-refractivity contribution is 0.815. The van der Waals surface area contributed by atoms with E-state index in [1.54, 1.807) is 6.07 Å². The van der Waals surface area contributed by atoms with E-state index in [9.17, 15) is 4.79 Å². The van der Waals surface area contributed by atoms with Crippen LogP contribution in [0.4, 0.5) is 0 Å². The zero-order chi connectivity index (χ0) is 12.7. The highest BCUT2D eigenvalue weighted by atomic mass is 32.2. The first-order valence-electron chi connectivity index (χ1n) is 5.70. The molecule has 0 bridgehead atoms. The number of nitrogens with one attached hydrogen (secondary N) is 2. The summed E-state index contributed by atoms with van der Waals surface area (Å²) in [7, 11) is 1.89. The summed E-state index contributed by atoms with van der Waals surface area (Å²) in [5.41, 5.74) is 1.87. The van der Waals surface area contributed by atoms with Crippen LogP contribution >= 0.6 is 11.8 Å². The van der Waals surface area contributed by atoms with Crippen LogP contribution in [-0.2, 0) is 6.42 Å². The Kier molecular flexibility index (Phi) is 6.00. The lowest BCUT2D eigenvalue weighted by Crippen LogP contribution is -2.12. The maximum absolute atomic E-state index is 11.4. The van der Waals surface area contributed by atoms with Gasteiger partial charge >= 0.3 is 0 Å². The van der Waals surface area contributed by atoms with Gasteiger partial charge in [0.2, 0.25) is 0 Å². The summed E-state index contributed by atoms with van der Waals surface area (Å²) in [6.07, 6.45) is 1.84. The number of aromatic amines is 1. The minimum Gasteiger partial charge on any atom is -0.316 e. The fourth-order valence-electron chi connectivity index (χ4n) is 1.41. The number of aromatic nitrogens is 2. The molecule has 17 heavy (non-hydrogen) atoms. The number of likely N-dealkylation sites (N-methyl/N-ethyl adjacent to an activating group) is 1. The van der Waals surface area contributed by atoms with Gasteiger partial charge in [-0.3, -0.25) is 4.79 Å². The standard InChI is InChI=1S/C12H19N3OS/c1-4-5-10-6-11(16)15-12(14-10)17-8-9(2)7-13-3/h6,13H,2,4-5,7-8H2,1,3H3,(H,14,15,16). The first kappa shape index (κ1) is 14.0. The Morgan fingerprint density at radius 2 is 2.41 bits per heavy atom. The number of rotatable bonds is 7. The number of nitrogens with zero attached hydrogens (tertiary/aromatic N) is 1. The van der Waals surface area contributed by atoms with Crippen LogP contribution in [0.2, 0.25) is 0 Å². The van der Waals surface area contributed by atoms with E-state index in [-0.39, 0.29) is 5.56 Å². The second-order valence-electron chi connectivity index (χ2n) is 3.86. The number of hydrogen-bond donors (Lipinski definition) is 2. The second kappa shape index (κ2) is 7.29. The smallest absolute Gasteiger partial charge is 0.251 e. The van der Waals surface area contributed by atoms with Gasteiger partial charge < -0.3 is 10.3 Å². The fraction of sp³-hybridized carbons (Fsp3) is 0.500. The molecule has 2 N–H and O–H groups in total. The van der Waals surface area contributed by atoms with Crippen LogP contribution in [0.15, 0.2) is 28.2 Å². The molecule has 1 heterocycles. The van der Waals surface area contributed by atoms with E-state index in [0.29, 0.717) is 5.16 Å². The summed E-state index contributed by atoms with van der Waals surface area (Å²) in [6.45, 7) is 6.80. The van der Waals surface area contributed by atoms with Gasteiger partial charge in [0.25, 0.3) is 5.56 Å². The maximum atomic E-state index is 11.4. The summed E-state index contributed by atoms with van der Waals surface area (Å²) in [6, 6.07) is 1.57. The summed E-state index contributed by atoms with van der Waals surface area (Å²) < 4.78 is 0. The molecule has 0 atom stereocenters. The van der Waals surface area contributed by atoms with Gasteiger partial charge in [-0.25, -0.2) is 4.98 Å². The Morgan fingerprint density at radius 3 is 3.06 bits per heavy atom. The molecule has 0 saturated heterocycles. The second-order valence-corrected chi connectivity index (χ2v) is 4.82. The van der Waals surface area contributed by atoms with Crippen molar-refractivity contribution in [2.45, 2.75) is 24.9 Å². The minimum absolute atomic E-state index is 0.0785. The molecule has 1 aromatic rings. The van der Waals surface area contributed by atoms with Gasteiger partial charge in [-0.05, 0) is 13.5 Å². The average Bonchev–Trinajstić information content (AvgIpc) is 2.26. The predicted octanol–water partition coefficient (Wildman–Crippen LogP) is 1.59. The quantitative estimate of drug-likeness (QED) is 0.440. The first-order valence-corrected chi connectivity index (χ1v) is 6.68. The van der Waals surface area contributed by atoms with Crippen LogP contribution < -0.4 is 10.9 Å². The molecule has 4 nitrogen and oxygen atoms in total. The van der Waals surface area contributed by atoms with Gasteiger partial charge in [0.15, 0.2) is 5.16 Å². The molecule has 5 heteroatoms. The molecular weight excluding hydrogens is 234 g/mol. The summed E-state index contributed by atoms with van der Waals surface area (Å²) >= 11 is 1.52. The van der Waals surface area contributed by atoms with Crippen molar-refractivity contribution in [2.24, 2.45) is 0 Å². The molecule has 94 valence electrons. The first-order chi connectivity index (χ1) is 8.15. The lowest BCUT2D eigenvalue weighted by atomic mass is 10.2. The van der Waals surface area contributed by atoms with E-state index in [0.717, 1.165) is 36.4 Å². The molecule has 0 saturated carbocycles. The third-order valence-corrected chi connectivity index (χ3v) is 3.14. The zero-order valence-electron chi connectivity index (χ0n) is 10.4. The zero-order valence-corrected chi connectivity index (χ0v) is 11.2. The molecule has 0 amide bonds. The summed E-state index contributed by atoms with van der Waals surface area (Å²) in [5, 5.41) is 3.72. The molecule has 0 radical (unpaired) electrons. The van der Waals surface area contributed by atoms with Gasteiger partial charge in [-0.1, -0.05) is 37.3 Å². The van der Waals surface area contributed by atoms with Crippen LogP contribution in [0.1, 0.15) is 19.0 Å². The van der Waals surface area contributed by atoms with Crippen molar-refractivity contribution in [3.63, 3.8) is 0 Å². The highest BCUT2D eigenvalue weighted by Gasteiger charge is 2.02. The van der Waals surface area contributed by atoms with Gasteiger partial charge in [-0.2, -0.15) is 0 Å². The molecule has 0 aliphatic rings. The SMILES string of the molecule is C=C(CNC)CSc1nc(CCC)cc(=O)[nH]1. The number of aryl methyl sites for hydroxylation is 1. The van der Waals surface area contributed by atoms with Gasteiger partial charge in [0.05, 0.1) is 0 Å². The molecule has 0 spiro atoms. The van der Waals surface area contributed by atoms with Crippen LogP contribution in [0.3, 0.4) is 0 Å². The molecular formula is C12H19N3OS. The molecule has 0 aliphatic heterocycles. The van der Waals surface area contributed by atoms with E-state index in [2.05, 4.69) is 28.8 Å². The summed E-state index contributed by atoms with van der Waals surface area (Å²) in [4.78, 5) is 18.6. The highest BCUT2D eigenvalue weighted by Crippen LogP contribution is 2.14. The van der Waals surface area contributed by atoms with Crippen LogP contribution in [0.25, 0.3) is 0 Å². The van der Waals surface area contributed by atoms with Crippen molar-refractivity contribution in [1.29, 1.82) is 0 Å². The average molecular weight is 253 g/mol. The normalized spacial score (nSPS) is 10.5. The topological polar surface area (TPSA) is 57.8 Å². The summed E-state index contributed by atoms with van der Waals surface area (Å²) in [5.74, 6) is 0.763. The third-order valence-electron chi connectivity index (χ3n) is 2.12. The predicted molar refractivity (Wildman–Crippen MR) is 72.6 cm³/mol. The Morgan fingerprint density at radius 1 is 1.65 bits per heavy atom. The maximum Gasteiger partial charge on any atom is 0.251 e. The molecule has 0 aromatic carbocycles. The van der Waals surface area contributed by atoms with Gasteiger partial charge in [0.1, 0.15) is 0 Å². The largest absolute Gasteiger partial charge is 0.316 e. The Bertz CT molecular complexity index is 428. The van der Waals surface area contributed by atoms with Crippen molar-refractivity contribution in [3.8, 4) is 0 Å². The Labute approximate surface area is 106 Å². The fourth-order valence-corrected chi connectivity index (χ4v) is 2.20. The minimum atomic E-state index is -0.0785. The number of thioether (sulfide) groups is 1. The molecule has 0 unspecified atom stereocenters. The van der Waals surface area contributed by atoms with Crippen LogP contribution in [0.5, 0.6) is 0 Å². The molecule has 0 aliphatic carbocycles. The van der Waals surface area contributed by atoms with Crippen LogP contribution in [0, 0.1) is 0 Å². The van der Waals surface area contributed by atoms with Crippen molar-refractivity contribution < 1.29 is 0 Å². The molecule has 0 fully saturated rings. The molecule has 1 rings (SSSR count). The molecule has 1 aromatic heterocycles. The monoisotopic (exact) mass is 253 g/mol. The lowest BCUT2D eigenvalue weighted by Gasteiger charge is -2.05. The Balaban J connectivity index is 2.64. The van der Waals surface area contributed by atoms with Crippen molar-refractivity contribution >= 4 is 11.8 Å². The van der Waals surface area contributed by atoms with E-state index in [4.69, 9.17) is 0 Å². The highest BCUT2D eigenvalue weighted by molar-refractivity contribution is 7.99. The van der Waals surface area contributed by atoms with E-state index >= 15 is 0 Å². The van der Waals surface area contributed by atoms with E-state index in [1.807, 2.05) is 7.05 Å². The van der Waals surface area contributed by atoms with Crippen molar-refractivity contribution in [1.82, 2.24) is 15.3 Å². The van der Waals surface area contributed by atoms with Crippen molar-refractivity contribution in [3.05, 3.63) is 34.3 Å². The van der Waals surface area contributed by atoms with Gasteiger partial charge in [-0.15, -0.1) is 0 Å². The van der Waals surface area contributed by atoms with Gasteiger partial charge in [0, 0.05) is 24.1 Å². The Hall–Kier alpha value is -1.07.